The molecule has 0 saturated carbocycles. The number of carbonyl (C=O) groups is 3. The largest absolute Gasteiger partial charge is 0.481 e. The van der Waals surface area contributed by atoms with Crippen molar-refractivity contribution in [1.29, 1.82) is 0 Å². The number of rotatable bonds is 6. The first-order valence-corrected chi connectivity index (χ1v) is 4.13. The maximum Gasteiger partial charge on any atom is 0.416 e. The molecule has 80 valence electrons. The molecular formula is C8H13NO5. The van der Waals surface area contributed by atoms with E-state index < -0.39 is 12.1 Å². The average Bonchev–Trinajstić information content (AvgIpc) is 2.16. The predicted octanol–water partition coefficient (Wildman–Crippen LogP) is 0.466. The molecule has 2 amide bonds. The number of ether oxygens (including phenoxy) is 1. The molecule has 0 bridgehead atoms. The Morgan fingerprint density at radius 2 is 2.07 bits per heavy atom. The van der Waals surface area contributed by atoms with E-state index in [4.69, 9.17) is 5.11 Å². The fraction of sp³-hybridized carbons (Fsp3) is 0.625. The zero-order chi connectivity index (χ0) is 11.0. The van der Waals surface area contributed by atoms with Gasteiger partial charge in [0.05, 0.1) is 7.11 Å². The molecule has 0 rings (SSSR count). The molecule has 0 aliphatic carbocycles. The number of imide groups is 1. The molecule has 6 nitrogen and oxygen atoms in total. The second-order valence-corrected chi connectivity index (χ2v) is 2.62. The zero-order valence-corrected chi connectivity index (χ0v) is 7.93. The predicted molar refractivity (Wildman–Crippen MR) is 46.7 cm³/mol. The lowest BCUT2D eigenvalue weighted by Gasteiger charge is -2.12. The summed E-state index contributed by atoms with van der Waals surface area (Å²) in [6.45, 7) is 0.184. The molecule has 0 aliphatic rings. The molecule has 1 N–H and O–H groups in total. The second kappa shape index (κ2) is 6.88. The Hall–Kier alpha value is -1.59. The van der Waals surface area contributed by atoms with Crippen LogP contribution in [-0.2, 0) is 14.3 Å². The number of carboxylic acid groups (broad SMARTS) is 1. The van der Waals surface area contributed by atoms with Crippen molar-refractivity contribution in [2.24, 2.45) is 0 Å². The van der Waals surface area contributed by atoms with Crippen molar-refractivity contribution >= 4 is 18.5 Å². The highest BCUT2D eigenvalue weighted by molar-refractivity contribution is 5.80. The van der Waals surface area contributed by atoms with Crippen LogP contribution in [0.2, 0.25) is 0 Å². The molecule has 0 aromatic heterocycles. The van der Waals surface area contributed by atoms with Gasteiger partial charge < -0.3 is 9.84 Å². The SMILES string of the molecule is COC(=O)N(C=O)CCCCC(=O)O. The van der Waals surface area contributed by atoms with E-state index in [0.717, 1.165) is 4.90 Å². The summed E-state index contributed by atoms with van der Waals surface area (Å²) in [6, 6.07) is 0. The van der Waals surface area contributed by atoms with E-state index in [2.05, 4.69) is 4.74 Å². The van der Waals surface area contributed by atoms with Gasteiger partial charge >= 0.3 is 12.1 Å². The van der Waals surface area contributed by atoms with Crippen LogP contribution in [0.1, 0.15) is 19.3 Å². The molecule has 6 heteroatoms. The van der Waals surface area contributed by atoms with E-state index in [1.54, 1.807) is 0 Å². The molecular weight excluding hydrogens is 190 g/mol. The number of carbonyl (C=O) groups excluding carboxylic acids is 2. The van der Waals surface area contributed by atoms with Gasteiger partial charge in [-0.25, -0.2) is 4.79 Å². The van der Waals surface area contributed by atoms with Gasteiger partial charge in [-0.2, -0.15) is 0 Å². The Balaban J connectivity index is 3.68. The highest BCUT2D eigenvalue weighted by atomic mass is 16.5. The van der Waals surface area contributed by atoms with Crippen molar-refractivity contribution in [2.75, 3.05) is 13.7 Å². The summed E-state index contributed by atoms with van der Waals surface area (Å²) in [6.07, 6.45) is 0.562. The van der Waals surface area contributed by atoms with Crippen LogP contribution in [-0.4, -0.2) is 42.1 Å². The van der Waals surface area contributed by atoms with E-state index in [9.17, 15) is 14.4 Å². The molecule has 0 aromatic rings. The summed E-state index contributed by atoms with van der Waals surface area (Å²) in [5.41, 5.74) is 0. The van der Waals surface area contributed by atoms with Crippen molar-refractivity contribution in [3.63, 3.8) is 0 Å². The quantitative estimate of drug-likeness (QED) is 0.501. The number of nitrogens with zero attached hydrogens (tertiary/aromatic N) is 1. The fourth-order valence-corrected chi connectivity index (χ4v) is 0.863. The van der Waals surface area contributed by atoms with Crippen molar-refractivity contribution in [3.8, 4) is 0 Å². The van der Waals surface area contributed by atoms with Gasteiger partial charge in [-0.15, -0.1) is 0 Å². The highest BCUT2D eigenvalue weighted by Gasteiger charge is 2.11. The summed E-state index contributed by atoms with van der Waals surface area (Å²) in [7, 11) is 1.18. The van der Waals surface area contributed by atoms with Gasteiger partial charge in [-0.05, 0) is 12.8 Å². The number of aliphatic carboxylic acids is 1. The Bertz CT molecular complexity index is 216. The minimum Gasteiger partial charge on any atom is -0.481 e. The highest BCUT2D eigenvalue weighted by Crippen LogP contribution is 1.98. The maximum atomic E-state index is 10.8. The van der Waals surface area contributed by atoms with Crippen LogP contribution in [0.25, 0.3) is 0 Å². The van der Waals surface area contributed by atoms with Gasteiger partial charge in [0.2, 0.25) is 6.41 Å². The molecule has 0 aliphatic heterocycles. The number of methoxy groups -OCH3 is 1. The molecule has 0 radical (unpaired) electrons. The fourth-order valence-electron chi connectivity index (χ4n) is 0.863. The second-order valence-electron chi connectivity index (χ2n) is 2.62. The van der Waals surface area contributed by atoms with E-state index in [0.29, 0.717) is 19.3 Å². The van der Waals surface area contributed by atoms with Crippen LogP contribution in [0, 0.1) is 0 Å². The van der Waals surface area contributed by atoms with Crippen molar-refractivity contribution in [1.82, 2.24) is 4.90 Å². The first kappa shape index (κ1) is 12.4. The Morgan fingerprint density at radius 1 is 1.43 bits per heavy atom. The first-order valence-electron chi connectivity index (χ1n) is 4.13. The Kier molecular flexibility index (Phi) is 6.09. The molecule has 0 fully saturated rings. The van der Waals surface area contributed by atoms with Gasteiger partial charge in [-0.1, -0.05) is 0 Å². The lowest BCUT2D eigenvalue weighted by Crippen LogP contribution is -2.30. The van der Waals surface area contributed by atoms with Gasteiger partial charge in [-0.3, -0.25) is 14.5 Å². The molecule has 0 unspecified atom stereocenters. The third-order valence-corrected chi connectivity index (χ3v) is 1.58. The van der Waals surface area contributed by atoms with Gasteiger partial charge in [0.1, 0.15) is 0 Å². The molecule has 0 aromatic carbocycles. The lowest BCUT2D eigenvalue weighted by molar-refractivity contribution is -0.137. The summed E-state index contributed by atoms with van der Waals surface area (Å²) >= 11 is 0. The van der Waals surface area contributed by atoms with Crippen LogP contribution < -0.4 is 0 Å². The number of carboxylic acids is 1. The standard InChI is InChI=1S/C8H13NO5/c1-14-8(13)9(6-10)5-3-2-4-7(11)12/h6H,2-5H2,1H3,(H,11,12). The smallest absolute Gasteiger partial charge is 0.416 e. The normalized spacial score (nSPS) is 9.21. The van der Waals surface area contributed by atoms with Crippen molar-refractivity contribution in [2.45, 2.75) is 19.3 Å². The third kappa shape index (κ3) is 5.13. The Morgan fingerprint density at radius 3 is 2.50 bits per heavy atom. The van der Waals surface area contributed by atoms with Crippen LogP contribution in [0.4, 0.5) is 4.79 Å². The first-order chi connectivity index (χ1) is 6.61. The van der Waals surface area contributed by atoms with E-state index in [-0.39, 0.29) is 13.0 Å². The summed E-state index contributed by atoms with van der Waals surface area (Å²) in [5, 5.41) is 8.32. The van der Waals surface area contributed by atoms with E-state index in [1.807, 2.05) is 0 Å². The minimum atomic E-state index is -0.888. The van der Waals surface area contributed by atoms with Gasteiger partial charge in [0, 0.05) is 13.0 Å². The van der Waals surface area contributed by atoms with Crippen molar-refractivity contribution in [3.05, 3.63) is 0 Å². The topological polar surface area (TPSA) is 83.9 Å². The summed E-state index contributed by atoms with van der Waals surface area (Å²) in [5.74, 6) is -0.888. The number of hydrogen-bond donors (Lipinski definition) is 1. The monoisotopic (exact) mass is 203 g/mol. The van der Waals surface area contributed by atoms with E-state index >= 15 is 0 Å². The van der Waals surface area contributed by atoms with Crippen LogP contribution >= 0.6 is 0 Å². The maximum absolute atomic E-state index is 10.8. The molecule has 0 saturated heterocycles. The van der Waals surface area contributed by atoms with E-state index in [1.165, 1.54) is 7.11 Å². The lowest BCUT2D eigenvalue weighted by atomic mass is 10.2. The number of unbranched alkanes of at least 4 members (excludes halogenated alkanes) is 1. The van der Waals surface area contributed by atoms with Gasteiger partial charge in [0.15, 0.2) is 0 Å². The Labute approximate surface area is 81.4 Å². The molecule has 14 heavy (non-hydrogen) atoms. The van der Waals surface area contributed by atoms with Crippen LogP contribution in [0.3, 0.4) is 0 Å². The van der Waals surface area contributed by atoms with Crippen molar-refractivity contribution < 1.29 is 24.2 Å². The third-order valence-electron chi connectivity index (χ3n) is 1.58. The number of hydrogen-bond acceptors (Lipinski definition) is 4. The summed E-state index contributed by atoms with van der Waals surface area (Å²) in [4.78, 5) is 32.2. The molecule has 0 spiro atoms. The number of amides is 2. The summed E-state index contributed by atoms with van der Waals surface area (Å²) < 4.78 is 4.32. The molecule has 0 heterocycles. The molecule has 0 atom stereocenters. The van der Waals surface area contributed by atoms with Crippen LogP contribution in [0.5, 0.6) is 0 Å². The minimum absolute atomic E-state index is 0.0356. The zero-order valence-electron chi connectivity index (χ0n) is 7.93. The van der Waals surface area contributed by atoms with Crippen LogP contribution in [0.15, 0.2) is 0 Å². The van der Waals surface area contributed by atoms with Gasteiger partial charge in [0.25, 0.3) is 0 Å². The average molecular weight is 203 g/mol.